The van der Waals surface area contributed by atoms with Crippen molar-refractivity contribution in [1.82, 2.24) is 8.94 Å². The summed E-state index contributed by atoms with van der Waals surface area (Å²) in [7, 11) is 0. The molecule has 4 nitrogen and oxygen atoms in total. The Morgan fingerprint density at radius 2 is 2.30 bits per heavy atom. The molecular weight excluding hydrogens is 150 g/mol. The van der Waals surface area contributed by atoms with Crippen LogP contribution < -0.4 is 11.4 Å². The number of nitrogens with two attached hydrogens (primary N) is 1. The number of nitrogens with zero attached hydrogens (tertiary/aromatic N) is 2. The van der Waals surface area contributed by atoms with Gasteiger partial charge in [0.05, 0.1) is 0 Å². The zero-order chi connectivity index (χ0) is 7.72. The molecule has 5 heteroatoms. The first kappa shape index (κ1) is 7.27. The normalized spacial score (nSPS) is 10.7. The summed E-state index contributed by atoms with van der Waals surface area (Å²) < 4.78 is 1.54. The summed E-state index contributed by atoms with van der Waals surface area (Å²) in [6.07, 6.45) is 0. The third-order valence-electron chi connectivity index (χ3n) is 1.06. The molecular formula is C5H9N3OS. The quantitative estimate of drug-likeness (QED) is 0.647. The van der Waals surface area contributed by atoms with Crippen molar-refractivity contribution in [2.75, 3.05) is 5.73 Å². The van der Waals surface area contributed by atoms with E-state index in [9.17, 15) is 4.79 Å². The zero-order valence-corrected chi connectivity index (χ0v) is 6.68. The van der Waals surface area contributed by atoms with Gasteiger partial charge in [0.25, 0.3) is 0 Å². The molecule has 0 atom stereocenters. The molecule has 1 aromatic rings. The summed E-state index contributed by atoms with van der Waals surface area (Å²) in [5.41, 5.74) is 5.05. The van der Waals surface area contributed by atoms with Crippen LogP contribution in [0.5, 0.6) is 0 Å². The van der Waals surface area contributed by atoms with Crippen LogP contribution in [-0.4, -0.2) is 8.94 Å². The highest BCUT2D eigenvalue weighted by Crippen LogP contribution is 2.08. The Labute approximate surface area is 62.5 Å². The van der Waals surface area contributed by atoms with Crippen LogP contribution in [0.25, 0.3) is 0 Å². The highest BCUT2D eigenvalue weighted by molar-refractivity contribution is 7.10. The van der Waals surface area contributed by atoms with Gasteiger partial charge in [-0.2, -0.15) is 4.98 Å². The lowest BCUT2D eigenvalue weighted by Gasteiger charge is -1.99. The number of hydrogen-bond acceptors (Lipinski definition) is 4. The summed E-state index contributed by atoms with van der Waals surface area (Å²) in [6, 6.07) is 0.155. The molecule has 0 saturated carbocycles. The van der Waals surface area contributed by atoms with Crippen LogP contribution in [0.2, 0.25) is 0 Å². The van der Waals surface area contributed by atoms with E-state index in [-0.39, 0.29) is 11.7 Å². The zero-order valence-electron chi connectivity index (χ0n) is 5.87. The molecule has 0 unspecified atom stereocenters. The summed E-state index contributed by atoms with van der Waals surface area (Å²) in [4.78, 5) is 14.4. The van der Waals surface area contributed by atoms with Crippen LogP contribution in [0.4, 0.5) is 5.13 Å². The number of nitrogen functional groups attached to an aromatic ring is 1. The van der Waals surface area contributed by atoms with Crippen LogP contribution in [0.15, 0.2) is 4.79 Å². The molecule has 0 aliphatic rings. The minimum atomic E-state index is -0.252. The van der Waals surface area contributed by atoms with E-state index in [2.05, 4.69) is 4.98 Å². The highest BCUT2D eigenvalue weighted by atomic mass is 32.1. The average Bonchev–Trinajstić information content (AvgIpc) is 2.10. The number of hydrogen-bond donors (Lipinski definition) is 1. The molecule has 1 rings (SSSR count). The molecule has 0 bridgehead atoms. The summed E-state index contributed by atoms with van der Waals surface area (Å²) in [6.45, 7) is 3.83. The molecule has 0 spiro atoms. The van der Waals surface area contributed by atoms with E-state index < -0.39 is 0 Å². The van der Waals surface area contributed by atoms with E-state index in [4.69, 9.17) is 5.73 Å². The lowest BCUT2D eigenvalue weighted by atomic mass is 10.4. The maximum atomic E-state index is 10.9. The van der Waals surface area contributed by atoms with E-state index >= 15 is 0 Å². The predicted molar refractivity (Wildman–Crippen MR) is 41.2 cm³/mol. The smallest absolute Gasteiger partial charge is 0.359 e. The van der Waals surface area contributed by atoms with E-state index in [1.165, 1.54) is 15.5 Å². The van der Waals surface area contributed by atoms with Crippen LogP contribution >= 0.6 is 11.5 Å². The van der Waals surface area contributed by atoms with E-state index in [1.54, 1.807) is 0 Å². The number of anilines is 1. The fourth-order valence-electron chi connectivity index (χ4n) is 0.630. The van der Waals surface area contributed by atoms with Crippen LogP contribution in [0.1, 0.15) is 19.9 Å². The second-order valence-electron chi connectivity index (χ2n) is 2.24. The van der Waals surface area contributed by atoms with Crippen LogP contribution in [0.3, 0.4) is 0 Å². The molecule has 0 amide bonds. The summed E-state index contributed by atoms with van der Waals surface area (Å²) in [5.74, 6) is 0. The fraction of sp³-hybridized carbons (Fsp3) is 0.600. The van der Waals surface area contributed by atoms with Gasteiger partial charge in [-0.1, -0.05) is 0 Å². The molecule has 10 heavy (non-hydrogen) atoms. The predicted octanol–water partition coefficient (Wildman–Crippen LogP) is 0.468. The Kier molecular flexibility index (Phi) is 1.76. The van der Waals surface area contributed by atoms with Crippen molar-refractivity contribution in [3.8, 4) is 0 Å². The topological polar surface area (TPSA) is 60.9 Å². The minimum absolute atomic E-state index is 0.155. The SMILES string of the molecule is CC(C)n1sc(N)nc1=O. The molecule has 2 N–H and O–H groups in total. The lowest BCUT2D eigenvalue weighted by molar-refractivity contribution is 0.623. The molecule has 0 fully saturated rings. The Morgan fingerprint density at radius 1 is 1.70 bits per heavy atom. The Hall–Kier alpha value is -0.840. The van der Waals surface area contributed by atoms with Gasteiger partial charge in [0.15, 0.2) is 0 Å². The van der Waals surface area contributed by atoms with Gasteiger partial charge in [-0.25, -0.2) is 8.75 Å². The molecule has 0 aromatic carbocycles. The van der Waals surface area contributed by atoms with E-state index in [0.717, 1.165) is 0 Å². The molecule has 0 aliphatic heterocycles. The lowest BCUT2D eigenvalue weighted by Crippen LogP contribution is -2.16. The van der Waals surface area contributed by atoms with Gasteiger partial charge >= 0.3 is 5.69 Å². The minimum Gasteiger partial charge on any atom is -0.374 e. The Balaban J connectivity index is 3.16. The summed E-state index contributed by atoms with van der Waals surface area (Å²) in [5, 5.41) is 0.332. The van der Waals surface area contributed by atoms with Gasteiger partial charge in [-0.3, -0.25) is 0 Å². The van der Waals surface area contributed by atoms with Crippen molar-refractivity contribution < 1.29 is 0 Å². The van der Waals surface area contributed by atoms with Crippen LogP contribution in [0, 0.1) is 0 Å². The van der Waals surface area contributed by atoms with Gasteiger partial charge in [0.2, 0.25) is 5.13 Å². The van der Waals surface area contributed by atoms with Crippen molar-refractivity contribution in [3.63, 3.8) is 0 Å². The second kappa shape index (κ2) is 2.42. The third kappa shape index (κ3) is 1.18. The van der Waals surface area contributed by atoms with Crippen molar-refractivity contribution >= 4 is 16.7 Å². The first-order chi connectivity index (χ1) is 4.61. The standard InChI is InChI=1S/C5H9N3OS/c1-3(2)8-5(9)7-4(6)10-8/h3H,1-2H3,(H2,6,7,9). The van der Waals surface area contributed by atoms with Gasteiger partial charge < -0.3 is 5.73 Å². The molecule has 0 saturated heterocycles. The van der Waals surface area contributed by atoms with Crippen molar-refractivity contribution in [2.24, 2.45) is 0 Å². The third-order valence-corrected chi connectivity index (χ3v) is 2.11. The van der Waals surface area contributed by atoms with Crippen molar-refractivity contribution in [1.29, 1.82) is 0 Å². The first-order valence-corrected chi connectivity index (χ1v) is 3.74. The van der Waals surface area contributed by atoms with E-state index in [0.29, 0.717) is 5.13 Å². The van der Waals surface area contributed by atoms with Crippen molar-refractivity contribution in [3.05, 3.63) is 10.5 Å². The van der Waals surface area contributed by atoms with E-state index in [1.807, 2.05) is 13.8 Å². The highest BCUT2D eigenvalue weighted by Gasteiger charge is 2.04. The molecule has 1 aromatic heterocycles. The van der Waals surface area contributed by atoms with Crippen molar-refractivity contribution in [2.45, 2.75) is 19.9 Å². The Bertz CT molecular complexity index is 275. The fourth-order valence-corrected chi connectivity index (χ4v) is 1.28. The monoisotopic (exact) mass is 159 g/mol. The van der Waals surface area contributed by atoms with Gasteiger partial charge in [-0.15, -0.1) is 0 Å². The van der Waals surface area contributed by atoms with Gasteiger partial charge in [0.1, 0.15) is 0 Å². The average molecular weight is 159 g/mol. The first-order valence-electron chi connectivity index (χ1n) is 2.96. The maximum absolute atomic E-state index is 10.9. The maximum Gasteiger partial charge on any atom is 0.359 e. The number of aromatic nitrogens is 2. The van der Waals surface area contributed by atoms with Gasteiger partial charge in [0, 0.05) is 6.04 Å². The second-order valence-corrected chi connectivity index (χ2v) is 3.24. The molecule has 56 valence electrons. The van der Waals surface area contributed by atoms with Crippen LogP contribution in [-0.2, 0) is 0 Å². The number of rotatable bonds is 1. The largest absolute Gasteiger partial charge is 0.374 e. The Morgan fingerprint density at radius 3 is 2.50 bits per heavy atom. The molecule has 1 heterocycles. The molecule has 0 radical (unpaired) electrons. The summed E-state index contributed by atoms with van der Waals surface area (Å²) >= 11 is 1.19. The molecule has 0 aliphatic carbocycles. The van der Waals surface area contributed by atoms with Gasteiger partial charge in [-0.05, 0) is 25.4 Å².